The van der Waals surface area contributed by atoms with Crippen molar-refractivity contribution in [1.29, 1.82) is 0 Å². The lowest BCUT2D eigenvalue weighted by Crippen LogP contribution is -2.54. The summed E-state index contributed by atoms with van der Waals surface area (Å²) in [6.07, 6.45) is 2.90. The molecule has 3 nitrogen and oxygen atoms in total. The minimum absolute atomic E-state index is 0.0492. The molecule has 0 bridgehead atoms. The van der Waals surface area contributed by atoms with Gasteiger partial charge in [-0.3, -0.25) is 0 Å². The quantitative estimate of drug-likeness (QED) is 0.779. The van der Waals surface area contributed by atoms with Gasteiger partial charge in [-0.1, -0.05) is 27.7 Å². The van der Waals surface area contributed by atoms with Gasteiger partial charge in [-0.15, -0.1) is 0 Å². The molecule has 2 heterocycles. The maximum absolute atomic E-state index is 4.53. The Hall–Kier alpha value is -0.830. The summed E-state index contributed by atoms with van der Waals surface area (Å²) in [4.78, 5) is 7.81. The van der Waals surface area contributed by atoms with Gasteiger partial charge in [0.25, 0.3) is 0 Å². The van der Waals surface area contributed by atoms with Crippen LogP contribution in [-0.4, -0.2) is 16.5 Å². The summed E-state index contributed by atoms with van der Waals surface area (Å²) < 4.78 is 0. The minimum Gasteiger partial charge on any atom is -0.348 e. The first-order valence-corrected chi connectivity index (χ1v) is 5.86. The van der Waals surface area contributed by atoms with Gasteiger partial charge < -0.3 is 10.3 Å². The molecule has 84 valence electrons. The normalized spacial score (nSPS) is 19.6. The summed E-state index contributed by atoms with van der Waals surface area (Å²) in [6.45, 7) is 10.1. The van der Waals surface area contributed by atoms with Crippen molar-refractivity contribution in [1.82, 2.24) is 15.3 Å². The van der Waals surface area contributed by atoms with E-state index in [0.717, 1.165) is 13.0 Å². The highest BCUT2D eigenvalue weighted by Gasteiger charge is 2.43. The van der Waals surface area contributed by atoms with E-state index < -0.39 is 0 Å². The van der Waals surface area contributed by atoms with Crippen LogP contribution in [0.25, 0.3) is 0 Å². The predicted octanol–water partition coefficient (Wildman–Crippen LogP) is 2.06. The van der Waals surface area contributed by atoms with E-state index in [1.165, 1.54) is 11.4 Å². The van der Waals surface area contributed by atoms with E-state index in [2.05, 4.69) is 43.0 Å². The third kappa shape index (κ3) is 1.41. The molecule has 0 aliphatic carbocycles. The summed E-state index contributed by atoms with van der Waals surface area (Å²) in [5.41, 5.74) is 2.60. The van der Waals surface area contributed by atoms with Gasteiger partial charge in [0.1, 0.15) is 0 Å². The Morgan fingerprint density at radius 3 is 2.53 bits per heavy atom. The molecule has 0 fully saturated rings. The van der Waals surface area contributed by atoms with Crippen molar-refractivity contribution in [2.24, 2.45) is 11.8 Å². The van der Waals surface area contributed by atoms with Gasteiger partial charge in [-0.05, 0) is 11.8 Å². The summed E-state index contributed by atoms with van der Waals surface area (Å²) >= 11 is 0. The number of hydrogen-bond acceptors (Lipinski definition) is 2. The molecule has 0 radical (unpaired) electrons. The highest BCUT2D eigenvalue weighted by molar-refractivity contribution is 5.27. The van der Waals surface area contributed by atoms with Crippen molar-refractivity contribution in [2.75, 3.05) is 6.54 Å². The van der Waals surface area contributed by atoms with Crippen LogP contribution in [0.2, 0.25) is 0 Å². The third-order valence-electron chi connectivity index (χ3n) is 3.72. The van der Waals surface area contributed by atoms with Crippen LogP contribution in [0.1, 0.15) is 39.1 Å². The molecule has 0 saturated carbocycles. The molecule has 0 aromatic carbocycles. The van der Waals surface area contributed by atoms with E-state index in [1.807, 2.05) is 6.33 Å². The zero-order chi connectivity index (χ0) is 11.1. The van der Waals surface area contributed by atoms with Crippen molar-refractivity contribution >= 4 is 0 Å². The summed E-state index contributed by atoms with van der Waals surface area (Å²) in [7, 11) is 0. The fourth-order valence-corrected chi connectivity index (χ4v) is 2.97. The Morgan fingerprint density at radius 1 is 1.27 bits per heavy atom. The molecule has 0 atom stereocenters. The lowest BCUT2D eigenvalue weighted by Gasteiger charge is -2.44. The Morgan fingerprint density at radius 2 is 1.93 bits per heavy atom. The highest BCUT2D eigenvalue weighted by atomic mass is 15.1. The van der Waals surface area contributed by atoms with Gasteiger partial charge in [0.05, 0.1) is 17.6 Å². The molecule has 3 heteroatoms. The first-order valence-electron chi connectivity index (χ1n) is 5.86. The molecule has 0 spiro atoms. The van der Waals surface area contributed by atoms with Crippen LogP contribution >= 0.6 is 0 Å². The Labute approximate surface area is 91.7 Å². The number of aromatic nitrogens is 2. The first kappa shape index (κ1) is 10.7. The average Bonchev–Trinajstić information content (AvgIpc) is 2.63. The molecule has 1 aromatic heterocycles. The van der Waals surface area contributed by atoms with Crippen LogP contribution in [0.15, 0.2) is 6.33 Å². The summed E-state index contributed by atoms with van der Waals surface area (Å²) in [5.74, 6) is 1.11. The molecule has 1 aliphatic heterocycles. The number of nitrogens with one attached hydrogen (secondary N) is 2. The van der Waals surface area contributed by atoms with Gasteiger partial charge in [-0.2, -0.15) is 0 Å². The highest BCUT2D eigenvalue weighted by Crippen LogP contribution is 2.39. The van der Waals surface area contributed by atoms with E-state index in [0.29, 0.717) is 11.8 Å². The smallest absolute Gasteiger partial charge is 0.0926 e. The van der Waals surface area contributed by atoms with Gasteiger partial charge >= 0.3 is 0 Å². The van der Waals surface area contributed by atoms with Crippen LogP contribution in [-0.2, 0) is 12.0 Å². The Kier molecular flexibility index (Phi) is 2.59. The lowest BCUT2D eigenvalue weighted by atomic mass is 9.72. The van der Waals surface area contributed by atoms with Crippen LogP contribution in [0.4, 0.5) is 0 Å². The average molecular weight is 207 g/mol. The molecule has 1 aromatic rings. The Bertz CT molecular complexity index is 330. The standard InChI is InChI=1S/C12H21N3/c1-8(2)12(9(3)4)11-10(5-6-15-12)13-7-14-11/h7-9,15H,5-6H2,1-4H3,(H,13,14). The van der Waals surface area contributed by atoms with Crippen molar-refractivity contribution in [3.8, 4) is 0 Å². The molecule has 2 rings (SSSR count). The monoisotopic (exact) mass is 207 g/mol. The number of H-pyrrole nitrogens is 1. The topological polar surface area (TPSA) is 40.7 Å². The van der Waals surface area contributed by atoms with E-state index in [1.54, 1.807) is 0 Å². The Balaban J connectivity index is 2.52. The summed E-state index contributed by atoms with van der Waals surface area (Å²) in [5, 5.41) is 3.69. The first-order chi connectivity index (χ1) is 7.09. The SMILES string of the molecule is CC(C)C1(C(C)C)NCCc2[nH]cnc21. The largest absolute Gasteiger partial charge is 0.348 e. The third-order valence-corrected chi connectivity index (χ3v) is 3.72. The fraction of sp³-hybridized carbons (Fsp3) is 0.750. The molecular formula is C12H21N3. The molecule has 0 unspecified atom stereocenters. The zero-order valence-electron chi connectivity index (χ0n) is 10.1. The fourth-order valence-electron chi connectivity index (χ4n) is 2.97. The lowest BCUT2D eigenvalue weighted by molar-refractivity contribution is 0.148. The molecular weight excluding hydrogens is 186 g/mol. The molecule has 0 saturated heterocycles. The van der Waals surface area contributed by atoms with Crippen LogP contribution in [0, 0.1) is 11.8 Å². The van der Waals surface area contributed by atoms with E-state index in [4.69, 9.17) is 0 Å². The van der Waals surface area contributed by atoms with Crippen molar-refractivity contribution in [3.63, 3.8) is 0 Å². The second kappa shape index (κ2) is 3.63. The van der Waals surface area contributed by atoms with Crippen molar-refractivity contribution in [3.05, 3.63) is 17.7 Å². The summed E-state index contributed by atoms with van der Waals surface area (Å²) in [6, 6.07) is 0. The maximum atomic E-state index is 4.53. The van der Waals surface area contributed by atoms with E-state index in [-0.39, 0.29) is 5.54 Å². The van der Waals surface area contributed by atoms with Gasteiger partial charge in [0.2, 0.25) is 0 Å². The number of aromatic amines is 1. The van der Waals surface area contributed by atoms with Gasteiger partial charge in [-0.25, -0.2) is 4.98 Å². The second-order valence-corrected chi connectivity index (χ2v) is 5.08. The zero-order valence-corrected chi connectivity index (χ0v) is 10.1. The van der Waals surface area contributed by atoms with E-state index in [9.17, 15) is 0 Å². The molecule has 15 heavy (non-hydrogen) atoms. The van der Waals surface area contributed by atoms with Crippen molar-refractivity contribution < 1.29 is 0 Å². The van der Waals surface area contributed by atoms with Crippen LogP contribution in [0.3, 0.4) is 0 Å². The number of imidazole rings is 1. The molecule has 1 aliphatic rings. The second-order valence-electron chi connectivity index (χ2n) is 5.08. The van der Waals surface area contributed by atoms with Crippen molar-refractivity contribution in [2.45, 2.75) is 39.7 Å². The van der Waals surface area contributed by atoms with Gasteiger partial charge in [0.15, 0.2) is 0 Å². The molecule has 0 amide bonds. The minimum atomic E-state index is 0.0492. The number of rotatable bonds is 2. The van der Waals surface area contributed by atoms with Crippen LogP contribution in [0.5, 0.6) is 0 Å². The number of nitrogens with zero attached hydrogens (tertiary/aromatic N) is 1. The van der Waals surface area contributed by atoms with E-state index >= 15 is 0 Å². The maximum Gasteiger partial charge on any atom is 0.0926 e. The van der Waals surface area contributed by atoms with Gasteiger partial charge in [0, 0.05) is 18.7 Å². The van der Waals surface area contributed by atoms with Crippen LogP contribution < -0.4 is 5.32 Å². The number of hydrogen-bond donors (Lipinski definition) is 2. The number of fused-ring (bicyclic) bond motifs is 1. The predicted molar refractivity (Wildman–Crippen MR) is 61.6 cm³/mol. The molecule has 2 N–H and O–H groups in total.